The summed E-state index contributed by atoms with van der Waals surface area (Å²) in [6.45, 7) is 5.60. The molecule has 0 saturated heterocycles. The number of hydrogen-bond donors (Lipinski definition) is 2. The van der Waals surface area contributed by atoms with Gasteiger partial charge in [0.25, 0.3) is 0 Å². The van der Waals surface area contributed by atoms with Crippen LogP contribution in [0.2, 0.25) is 0 Å². The first kappa shape index (κ1) is 20.8. The molecule has 0 bridgehead atoms. The van der Waals surface area contributed by atoms with Crippen molar-refractivity contribution in [1.29, 1.82) is 0 Å². The largest absolute Gasteiger partial charge is 0.497 e. The zero-order valence-corrected chi connectivity index (χ0v) is 16.5. The number of methoxy groups -OCH3 is 1. The summed E-state index contributed by atoms with van der Waals surface area (Å²) in [4.78, 5) is 27.1. The average Bonchev–Trinajstić information content (AvgIpc) is 2.65. The summed E-state index contributed by atoms with van der Waals surface area (Å²) in [5.74, 6) is 1.77. The van der Waals surface area contributed by atoms with Crippen molar-refractivity contribution in [3.8, 4) is 18.1 Å². The lowest BCUT2D eigenvalue weighted by Crippen LogP contribution is -2.49. The molecule has 0 spiro atoms. The molecule has 28 heavy (non-hydrogen) atoms. The van der Waals surface area contributed by atoms with Crippen molar-refractivity contribution in [2.24, 2.45) is 0 Å². The summed E-state index contributed by atoms with van der Waals surface area (Å²) in [7, 11) is 1.55. The van der Waals surface area contributed by atoms with Gasteiger partial charge in [-0.25, -0.2) is 0 Å². The van der Waals surface area contributed by atoms with Crippen LogP contribution in [0.4, 0.5) is 11.4 Å². The number of nitrogens with one attached hydrogen (secondary N) is 1. The molecule has 6 heteroatoms. The van der Waals surface area contributed by atoms with Gasteiger partial charge in [0, 0.05) is 16.9 Å². The summed E-state index contributed by atoms with van der Waals surface area (Å²) in [6, 6.07) is 12.6. The molecule has 3 N–H and O–H groups in total. The van der Waals surface area contributed by atoms with E-state index in [2.05, 4.69) is 11.2 Å². The number of rotatable bonds is 5. The Morgan fingerprint density at radius 3 is 2.14 bits per heavy atom. The first-order valence-electron chi connectivity index (χ1n) is 8.77. The Kier molecular flexibility index (Phi) is 6.32. The third-order valence-electron chi connectivity index (χ3n) is 3.95. The van der Waals surface area contributed by atoms with E-state index in [0.717, 1.165) is 0 Å². The zero-order chi connectivity index (χ0) is 20.9. The number of carbonyl (C=O) groups is 2. The minimum absolute atomic E-state index is 0.350. The highest BCUT2D eigenvalue weighted by molar-refractivity contribution is 6.09. The second-order valence-electron chi connectivity index (χ2n) is 7.33. The number of benzene rings is 2. The van der Waals surface area contributed by atoms with Gasteiger partial charge in [-0.15, -0.1) is 6.42 Å². The molecule has 0 aliphatic rings. The Hall–Kier alpha value is -3.46. The molecule has 0 saturated carbocycles. The molecular weight excluding hydrogens is 354 g/mol. The van der Waals surface area contributed by atoms with Crippen molar-refractivity contribution in [1.82, 2.24) is 5.32 Å². The molecule has 2 amide bonds. The highest BCUT2D eigenvalue weighted by atomic mass is 16.5. The van der Waals surface area contributed by atoms with E-state index in [1.807, 2.05) is 20.8 Å². The van der Waals surface area contributed by atoms with Gasteiger partial charge in [0.2, 0.25) is 5.91 Å². The van der Waals surface area contributed by atoms with Crippen LogP contribution in [0.15, 0.2) is 48.5 Å². The fourth-order valence-electron chi connectivity index (χ4n) is 2.73. The van der Waals surface area contributed by atoms with Crippen LogP contribution in [0.5, 0.6) is 5.75 Å². The smallest absolute Gasteiger partial charge is 0.303 e. The van der Waals surface area contributed by atoms with Crippen LogP contribution in [-0.2, 0) is 9.59 Å². The Bertz CT molecular complexity index is 875. The van der Waals surface area contributed by atoms with Crippen molar-refractivity contribution in [2.75, 3.05) is 17.7 Å². The van der Waals surface area contributed by atoms with Gasteiger partial charge in [-0.3, -0.25) is 14.5 Å². The van der Waals surface area contributed by atoms with Crippen molar-refractivity contribution >= 4 is 23.2 Å². The van der Waals surface area contributed by atoms with Gasteiger partial charge in [-0.05, 0) is 68.7 Å². The summed E-state index contributed by atoms with van der Waals surface area (Å²) in [5.41, 5.74) is 6.92. The minimum Gasteiger partial charge on any atom is -0.497 e. The number of carbonyl (C=O) groups excluding carboxylic acids is 2. The van der Waals surface area contributed by atoms with E-state index in [9.17, 15) is 9.59 Å². The summed E-state index contributed by atoms with van der Waals surface area (Å²) in [6.07, 6.45) is 5.42. The van der Waals surface area contributed by atoms with Crippen LogP contribution in [-0.4, -0.2) is 24.5 Å². The molecular formula is C22H25N3O3. The number of nitrogen functional groups attached to an aromatic ring is 1. The van der Waals surface area contributed by atoms with E-state index in [1.54, 1.807) is 55.6 Å². The standard InChI is InChI=1S/C22H25N3O3/c1-6-19(26)25(17-11-13-18(28-5)14-12-17)20(21(27)24-22(2,3)4)15-7-9-16(23)10-8-15/h1,7-14,20H,23H2,2-5H3,(H,24,27). The Labute approximate surface area is 165 Å². The predicted molar refractivity (Wildman–Crippen MR) is 111 cm³/mol. The first-order chi connectivity index (χ1) is 13.2. The maximum absolute atomic E-state index is 13.2. The molecule has 0 aliphatic heterocycles. The molecule has 0 fully saturated rings. The van der Waals surface area contributed by atoms with Crippen LogP contribution in [0.3, 0.4) is 0 Å². The quantitative estimate of drug-likeness (QED) is 0.618. The lowest BCUT2D eigenvalue weighted by Gasteiger charge is -2.32. The number of terminal acetylenes is 1. The highest BCUT2D eigenvalue weighted by Gasteiger charge is 2.33. The maximum Gasteiger partial charge on any atom is 0.303 e. The highest BCUT2D eigenvalue weighted by Crippen LogP contribution is 2.30. The second kappa shape index (κ2) is 8.49. The Morgan fingerprint density at radius 1 is 1.11 bits per heavy atom. The third-order valence-corrected chi connectivity index (χ3v) is 3.95. The van der Waals surface area contributed by atoms with Gasteiger partial charge >= 0.3 is 5.91 Å². The van der Waals surface area contributed by atoms with Crippen LogP contribution in [0.25, 0.3) is 0 Å². The van der Waals surface area contributed by atoms with Crippen LogP contribution in [0.1, 0.15) is 32.4 Å². The van der Waals surface area contributed by atoms with E-state index >= 15 is 0 Å². The van der Waals surface area contributed by atoms with Gasteiger partial charge < -0.3 is 15.8 Å². The minimum atomic E-state index is -0.961. The maximum atomic E-state index is 13.2. The fraction of sp³-hybridized carbons (Fsp3) is 0.273. The monoisotopic (exact) mass is 379 g/mol. The Morgan fingerprint density at radius 2 is 1.68 bits per heavy atom. The zero-order valence-electron chi connectivity index (χ0n) is 16.5. The lowest BCUT2D eigenvalue weighted by molar-refractivity contribution is -0.126. The summed E-state index contributed by atoms with van der Waals surface area (Å²) < 4.78 is 5.17. The predicted octanol–water partition coefficient (Wildman–Crippen LogP) is 2.90. The summed E-state index contributed by atoms with van der Waals surface area (Å²) >= 11 is 0. The number of nitrogens with two attached hydrogens (primary N) is 1. The Balaban J connectivity index is 2.60. The van der Waals surface area contributed by atoms with Gasteiger partial charge in [0.1, 0.15) is 11.8 Å². The van der Waals surface area contributed by atoms with Gasteiger partial charge in [-0.1, -0.05) is 12.1 Å². The third kappa shape index (κ3) is 5.04. The molecule has 1 unspecified atom stereocenters. The van der Waals surface area contributed by atoms with Crippen molar-refractivity contribution in [3.63, 3.8) is 0 Å². The molecule has 1 atom stereocenters. The lowest BCUT2D eigenvalue weighted by atomic mass is 10.0. The number of amides is 2. The van der Waals surface area contributed by atoms with Crippen molar-refractivity contribution < 1.29 is 14.3 Å². The molecule has 2 aromatic rings. The van der Waals surface area contributed by atoms with Crippen molar-refractivity contribution in [2.45, 2.75) is 32.4 Å². The van der Waals surface area contributed by atoms with E-state index < -0.39 is 17.5 Å². The molecule has 2 aromatic carbocycles. The molecule has 2 rings (SSSR count). The normalized spacial score (nSPS) is 11.8. The van der Waals surface area contributed by atoms with E-state index in [0.29, 0.717) is 22.7 Å². The molecule has 146 valence electrons. The molecule has 6 nitrogen and oxygen atoms in total. The van der Waals surface area contributed by atoms with E-state index in [1.165, 1.54) is 4.90 Å². The number of hydrogen-bond acceptors (Lipinski definition) is 4. The van der Waals surface area contributed by atoms with Crippen LogP contribution < -0.4 is 20.7 Å². The van der Waals surface area contributed by atoms with Crippen LogP contribution >= 0.6 is 0 Å². The first-order valence-corrected chi connectivity index (χ1v) is 8.77. The SMILES string of the molecule is C#CC(=O)N(c1ccc(OC)cc1)C(C(=O)NC(C)(C)C)c1ccc(N)cc1. The van der Waals surface area contributed by atoms with Crippen molar-refractivity contribution in [3.05, 3.63) is 54.1 Å². The number of nitrogens with zero attached hydrogens (tertiary/aromatic N) is 1. The topological polar surface area (TPSA) is 84.7 Å². The summed E-state index contributed by atoms with van der Waals surface area (Å²) in [5, 5.41) is 2.93. The molecule has 0 aliphatic carbocycles. The molecule has 0 radical (unpaired) electrons. The van der Waals surface area contributed by atoms with E-state index in [-0.39, 0.29) is 5.91 Å². The van der Waals surface area contributed by atoms with Gasteiger partial charge in [-0.2, -0.15) is 0 Å². The second-order valence-corrected chi connectivity index (χ2v) is 7.33. The molecule has 0 aromatic heterocycles. The van der Waals surface area contributed by atoms with E-state index in [4.69, 9.17) is 16.9 Å². The molecule has 0 heterocycles. The van der Waals surface area contributed by atoms with Crippen LogP contribution in [0, 0.1) is 12.3 Å². The van der Waals surface area contributed by atoms with Gasteiger partial charge in [0.15, 0.2) is 0 Å². The number of ether oxygens (including phenoxy) is 1. The van der Waals surface area contributed by atoms with Gasteiger partial charge in [0.05, 0.1) is 7.11 Å². The average molecular weight is 379 g/mol. The number of anilines is 2. The fourth-order valence-corrected chi connectivity index (χ4v) is 2.73.